The van der Waals surface area contributed by atoms with Gasteiger partial charge in [0.1, 0.15) is 18.0 Å². The standard InChI is InChI=1S/C23H26F2N4O2S/c1-3-31-23(30)19-18(13-29-10-7-15(24)8-11-29)27-21(22-26-9-12-32-22)28-20(19)16-5-4-6-17(25)14(16)2/h4-6,9,12,15,20H,3,7-8,10-11,13H2,1-2H3,(H,27,28)/t20-/m0/s1. The number of piperidine rings is 1. The number of esters is 1. The quantitative estimate of drug-likeness (QED) is 0.662. The molecular formula is C23H26F2N4O2S. The van der Waals surface area contributed by atoms with Crippen LogP contribution in [0.3, 0.4) is 0 Å². The van der Waals surface area contributed by atoms with E-state index in [0.717, 1.165) is 0 Å². The number of hydrogen-bond donors (Lipinski definition) is 1. The molecule has 0 aliphatic carbocycles. The zero-order chi connectivity index (χ0) is 22.7. The lowest BCUT2D eigenvalue weighted by molar-refractivity contribution is -0.139. The lowest BCUT2D eigenvalue weighted by Gasteiger charge is -2.33. The van der Waals surface area contributed by atoms with Crippen molar-refractivity contribution in [1.29, 1.82) is 0 Å². The van der Waals surface area contributed by atoms with E-state index in [-0.39, 0.29) is 12.4 Å². The largest absolute Gasteiger partial charge is 0.463 e. The first-order valence-electron chi connectivity index (χ1n) is 10.7. The average molecular weight is 461 g/mol. The molecule has 32 heavy (non-hydrogen) atoms. The number of carbonyl (C=O) groups is 1. The molecule has 2 aliphatic rings. The summed E-state index contributed by atoms with van der Waals surface area (Å²) in [6.07, 6.45) is 1.81. The molecule has 0 unspecified atom stereocenters. The molecule has 170 valence electrons. The molecule has 9 heteroatoms. The van der Waals surface area contributed by atoms with Crippen molar-refractivity contribution in [3.63, 3.8) is 0 Å². The summed E-state index contributed by atoms with van der Waals surface area (Å²) in [5.74, 6) is -0.329. The fourth-order valence-corrected chi connectivity index (χ4v) is 4.63. The van der Waals surface area contributed by atoms with Crippen molar-refractivity contribution in [2.24, 2.45) is 4.99 Å². The minimum atomic E-state index is -0.792. The molecule has 2 aliphatic heterocycles. The van der Waals surface area contributed by atoms with Crippen LogP contribution in [-0.4, -0.2) is 54.1 Å². The number of hydrogen-bond acceptors (Lipinski definition) is 7. The molecule has 4 rings (SSSR count). The number of aliphatic imine (C=N–C) groups is 1. The number of rotatable bonds is 6. The highest BCUT2D eigenvalue weighted by molar-refractivity contribution is 7.11. The molecule has 0 radical (unpaired) electrons. The van der Waals surface area contributed by atoms with Crippen LogP contribution in [0.15, 0.2) is 46.0 Å². The monoisotopic (exact) mass is 460 g/mol. The number of halogens is 2. The minimum absolute atomic E-state index is 0.209. The van der Waals surface area contributed by atoms with E-state index in [1.807, 2.05) is 5.38 Å². The molecule has 6 nitrogen and oxygen atoms in total. The second-order valence-electron chi connectivity index (χ2n) is 7.86. The van der Waals surface area contributed by atoms with Gasteiger partial charge in [-0.2, -0.15) is 0 Å². The molecule has 1 atom stereocenters. The van der Waals surface area contributed by atoms with Gasteiger partial charge in [-0.05, 0) is 43.9 Å². The number of amidine groups is 1. The van der Waals surface area contributed by atoms with E-state index < -0.39 is 18.2 Å². The highest BCUT2D eigenvalue weighted by Crippen LogP contribution is 2.35. The molecule has 1 aromatic carbocycles. The summed E-state index contributed by atoms with van der Waals surface area (Å²) in [6.45, 7) is 5.23. The van der Waals surface area contributed by atoms with Gasteiger partial charge < -0.3 is 10.1 Å². The van der Waals surface area contributed by atoms with Crippen LogP contribution < -0.4 is 5.32 Å². The summed E-state index contributed by atoms with van der Waals surface area (Å²) in [5, 5.41) is 5.80. The van der Waals surface area contributed by atoms with Gasteiger partial charge in [-0.15, -0.1) is 11.3 Å². The van der Waals surface area contributed by atoms with E-state index in [4.69, 9.17) is 9.73 Å². The van der Waals surface area contributed by atoms with E-state index in [1.165, 1.54) is 17.4 Å². The summed E-state index contributed by atoms with van der Waals surface area (Å²) < 4.78 is 33.5. The average Bonchev–Trinajstić information content (AvgIpc) is 3.32. The fourth-order valence-electron chi connectivity index (χ4n) is 4.05. The normalized spacial score (nSPS) is 20.1. The third-order valence-electron chi connectivity index (χ3n) is 5.76. The maximum atomic E-state index is 14.4. The molecule has 1 saturated heterocycles. The zero-order valence-electron chi connectivity index (χ0n) is 18.1. The third kappa shape index (κ3) is 4.73. The number of thiazole rings is 1. The second-order valence-corrected chi connectivity index (χ2v) is 8.75. The zero-order valence-corrected chi connectivity index (χ0v) is 18.9. The molecule has 1 N–H and O–H groups in total. The molecular weight excluding hydrogens is 434 g/mol. The van der Waals surface area contributed by atoms with E-state index in [9.17, 15) is 13.6 Å². The lowest BCUT2D eigenvalue weighted by atomic mass is 9.92. The van der Waals surface area contributed by atoms with E-state index >= 15 is 0 Å². The molecule has 1 aromatic heterocycles. The van der Waals surface area contributed by atoms with Crippen molar-refractivity contribution in [3.05, 3.63) is 63.0 Å². The van der Waals surface area contributed by atoms with Crippen LogP contribution in [0.5, 0.6) is 0 Å². The highest BCUT2D eigenvalue weighted by Gasteiger charge is 2.35. The molecule has 0 spiro atoms. The maximum Gasteiger partial charge on any atom is 0.338 e. The van der Waals surface area contributed by atoms with Crippen molar-refractivity contribution in [2.75, 3.05) is 26.2 Å². The van der Waals surface area contributed by atoms with Gasteiger partial charge in [-0.25, -0.2) is 18.6 Å². The van der Waals surface area contributed by atoms with Crippen LogP contribution >= 0.6 is 11.3 Å². The Morgan fingerprint density at radius 3 is 2.81 bits per heavy atom. The smallest absolute Gasteiger partial charge is 0.338 e. The third-order valence-corrected chi connectivity index (χ3v) is 6.54. The Kier molecular flexibility index (Phi) is 6.95. The lowest BCUT2D eigenvalue weighted by Crippen LogP contribution is -2.42. The Hall–Kier alpha value is -2.65. The summed E-state index contributed by atoms with van der Waals surface area (Å²) in [6, 6.07) is 4.05. The SMILES string of the molecule is CCOC(=O)C1=C(CN2CCC(F)CC2)NC(c2nccs2)=N[C@H]1c1cccc(F)c1C. The van der Waals surface area contributed by atoms with Gasteiger partial charge in [-0.3, -0.25) is 9.89 Å². The summed E-state index contributed by atoms with van der Waals surface area (Å²) >= 11 is 1.42. The predicted octanol–water partition coefficient (Wildman–Crippen LogP) is 3.93. The van der Waals surface area contributed by atoms with Gasteiger partial charge in [0.15, 0.2) is 10.8 Å². The van der Waals surface area contributed by atoms with E-state index in [1.54, 1.807) is 32.2 Å². The minimum Gasteiger partial charge on any atom is -0.463 e. The Bertz CT molecular complexity index is 1030. The molecule has 0 bridgehead atoms. The first-order valence-corrected chi connectivity index (χ1v) is 11.6. The van der Waals surface area contributed by atoms with E-state index in [0.29, 0.717) is 65.7 Å². The Morgan fingerprint density at radius 2 is 2.12 bits per heavy atom. The summed E-state index contributed by atoms with van der Waals surface area (Å²) in [5.41, 5.74) is 2.02. The number of nitrogens with zero attached hydrogens (tertiary/aromatic N) is 3. The molecule has 3 heterocycles. The van der Waals surface area contributed by atoms with Crippen LogP contribution in [-0.2, 0) is 9.53 Å². The highest BCUT2D eigenvalue weighted by atomic mass is 32.1. The first kappa shape index (κ1) is 22.5. The number of likely N-dealkylation sites (tertiary alicyclic amines) is 1. The molecule has 0 saturated carbocycles. The van der Waals surface area contributed by atoms with Gasteiger partial charge >= 0.3 is 5.97 Å². The van der Waals surface area contributed by atoms with Gasteiger partial charge in [0.05, 0.1) is 12.2 Å². The summed E-state index contributed by atoms with van der Waals surface area (Å²) in [4.78, 5) is 24.4. The molecule has 0 amide bonds. The predicted molar refractivity (Wildman–Crippen MR) is 120 cm³/mol. The van der Waals surface area contributed by atoms with Crippen LogP contribution in [0.4, 0.5) is 8.78 Å². The van der Waals surface area contributed by atoms with Crippen molar-refractivity contribution >= 4 is 23.1 Å². The summed E-state index contributed by atoms with van der Waals surface area (Å²) in [7, 11) is 0. The molecule has 2 aromatic rings. The van der Waals surface area contributed by atoms with Crippen molar-refractivity contribution < 1.29 is 18.3 Å². The van der Waals surface area contributed by atoms with Crippen LogP contribution in [0.2, 0.25) is 0 Å². The van der Waals surface area contributed by atoms with E-state index in [2.05, 4.69) is 15.2 Å². The second kappa shape index (κ2) is 9.87. The maximum absolute atomic E-state index is 14.4. The van der Waals surface area contributed by atoms with Crippen molar-refractivity contribution in [2.45, 2.75) is 38.9 Å². The number of carbonyl (C=O) groups excluding carboxylic acids is 1. The number of benzene rings is 1. The van der Waals surface area contributed by atoms with Crippen LogP contribution in [0, 0.1) is 12.7 Å². The van der Waals surface area contributed by atoms with Gasteiger partial charge in [0.25, 0.3) is 0 Å². The topological polar surface area (TPSA) is 66.8 Å². The van der Waals surface area contributed by atoms with Crippen LogP contribution in [0.1, 0.15) is 41.9 Å². The first-order chi connectivity index (χ1) is 15.5. The van der Waals surface area contributed by atoms with Gasteiger partial charge in [0, 0.05) is 36.9 Å². The number of ether oxygens (including phenoxy) is 1. The van der Waals surface area contributed by atoms with Crippen LogP contribution in [0.25, 0.3) is 0 Å². The number of alkyl halides is 1. The fraction of sp³-hybridized carbons (Fsp3) is 0.435. The van der Waals surface area contributed by atoms with Crippen molar-refractivity contribution in [1.82, 2.24) is 15.2 Å². The Morgan fingerprint density at radius 1 is 1.34 bits per heavy atom. The Labute approximate surface area is 190 Å². The molecule has 1 fully saturated rings. The van der Waals surface area contributed by atoms with Crippen molar-refractivity contribution in [3.8, 4) is 0 Å². The van der Waals surface area contributed by atoms with Gasteiger partial charge in [-0.1, -0.05) is 12.1 Å². The van der Waals surface area contributed by atoms with Gasteiger partial charge in [0.2, 0.25) is 0 Å². The number of aromatic nitrogens is 1. The number of nitrogens with one attached hydrogen (secondary N) is 1. The Balaban J connectivity index is 1.80.